The number of rotatable bonds is 3. The number of hydrogen-bond acceptors (Lipinski definition) is 4. The van der Waals surface area contributed by atoms with Crippen molar-refractivity contribution in [1.82, 2.24) is 10.1 Å². The Morgan fingerprint density at radius 3 is 2.79 bits per heavy atom. The maximum atomic E-state index is 4.93. The Morgan fingerprint density at radius 2 is 2.14 bits per heavy atom. The highest BCUT2D eigenvalue weighted by molar-refractivity contribution is 5.34. The number of nitrogens with one attached hydrogen (secondary N) is 1. The van der Waals surface area contributed by atoms with E-state index in [1.54, 1.807) is 12.4 Å². The third-order valence-corrected chi connectivity index (χ3v) is 1.85. The van der Waals surface area contributed by atoms with Gasteiger partial charge in [0.2, 0.25) is 0 Å². The first kappa shape index (κ1) is 8.74. The molecule has 0 saturated carbocycles. The Kier molecular flexibility index (Phi) is 2.44. The minimum absolute atomic E-state index is 0.731. The van der Waals surface area contributed by atoms with E-state index in [2.05, 4.69) is 15.5 Å². The third kappa shape index (κ3) is 2.10. The zero-order chi connectivity index (χ0) is 9.80. The van der Waals surface area contributed by atoms with Gasteiger partial charge in [-0.25, -0.2) is 0 Å². The number of nitrogens with zero attached hydrogens (tertiary/aromatic N) is 2. The van der Waals surface area contributed by atoms with Crippen molar-refractivity contribution in [2.45, 2.75) is 13.5 Å². The predicted octanol–water partition coefficient (Wildman–Crippen LogP) is 1.99. The fourth-order valence-corrected chi connectivity index (χ4v) is 1.14. The van der Waals surface area contributed by atoms with Gasteiger partial charge in [0.05, 0.1) is 0 Å². The van der Waals surface area contributed by atoms with Crippen LogP contribution in [-0.4, -0.2) is 10.1 Å². The van der Waals surface area contributed by atoms with E-state index in [9.17, 15) is 0 Å². The highest BCUT2D eigenvalue weighted by Crippen LogP contribution is 2.08. The van der Waals surface area contributed by atoms with Crippen LogP contribution >= 0.6 is 0 Å². The average molecular weight is 189 g/mol. The first-order chi connectivity index (χ1) is 6.84. The Labute approximate surface area is 82.0 Å². The SMILES string of the molecule is Cc1cc(NCc2ccncc2)no1. The number of hydrogen-bond donors (Lipinski definition) is 1. The molecule has 0 aromatic carbocycles. The summed E-state index contributed by atoms with van der Waals surface area (Å²) in [5.41, 5.74) is 1.17. The van der Waals surface area contributed by atoms with Crippen LogP contribution in [0.5, 0.6) is 0 Å². The molecule has 2 aromatic rings. The Morgan fingerprint density at radius 1 is 1.36 bits per heavy atom. The molecular formula is C10H11N3O. The molecular weight excluding hydrogens is 178 g/mol. The van der Waals surface area contributed by atoms with Gasteiger partial charge < -0.3 is 9.84 Å². The standard InChI is InChI=1S/C10H11N3O/c1-8-6-10(13-14-8)12-7-9-2-4-11-5-3-9/h2-6H,7H2,1H3,(H,12,13). The molecule has 0 aliphatic heterocycles. The maximum Gasteiger partial charge on any atom is 0.169 e. The number of aromatic nitrogens is 2. The van der Waals surface area contributed by atoms with Gasteiger partial charge >= 0.3 is 0 Å². The maximum absolute atomic E-state index is 4.93. The quantitative estimate of drug-likeness (QED) is 0.802. The molecule has 0 bridgehead atoms. The normalized spacial score (nSPS) is 10.1. The van der Waals surface area contributed by atoms with E-state index in [-0.39, 0.29) is 0 Å². The second-order valence-corrected chi connectivity index (χ2v) is 3.03. The van der Waals surface area contributed by atoms with Gasteiger partial charge in [-0.15, -0.1) is 0 Å². The fourth-order valence-electron chi connectivity index (χ4n) is 1.14. The van der Waals surface area contributed by atoms with Gasteiger partial charge in [0.1, 0.15) is 5.76 Å². The molecule has 2 heterocycles. The van der Waals surface area contributed by atoms with Crippen LogP contribution in [0.2, 0.25) is 0 Å². The van der Waals surface area contributed by atoms with E-state index >= 15 is 0 Å². The minimum atomic E-state index is 0.731. The van der Waals surface area contributed by atoms with Gasteiger partial charge in [-0.05, 0) is 24.6 Å². The molecule has 0 spiro atoms. The van der Waals surface area contributed by atoms with Crippen molar-refractivity contribution in [2.75, 3.05) is 5.32 Å². The Bertz CT molecular complexity index is 397. The van der Waals surface area contributed by atoms with Gasteiger partial charge in [0.15, 0.2) is 5.82 Å². The summed E-state index contributed by atoms with van der Waals surface area (Å²) in [4.78, 5) is 3.94. The monoisotopic (exact) mass is 189 g/mol. The highest BCUT2D eigenvalue weighted by atomic mass is 16.5. The molecule has 4 nitrogen and oxygen atoms in total. The lowest BCUT2D eigenvalue weighted by atomic mass is 10.3. The summed E-state index contributed by atoms with van der Waals surface area (Å²) < 4.78 is 4.93. The van der Waals surface area contributed by atoms with Gasteiger partial charge in [-0.2, -0.15) is 0 Å². The van der Waals surface area contributed by atoms with Gasteiger partial charge in [0, 0.05) is 25.0 Å². The highest BCUT2D eigenvalue weighted by Gasteiger charge is 1.98. The molecule has 0 amide bonds. The minimum Gasteiger partial charge on any atom is -0.363 e. The summed E-state index contributed by atoms with van der Waals surface area (Å²) in [6, 6.07) is 5.78. The van der Waals surface area contributed by atoms with E-state index in [4.69, 9.17) is 4.52 Å². The summed E-state index contributed by atoms with van der Waals surface area (Å²) in [5.74, 6) is 1.57. The molecule has 0 aliphatic rings. The van der Waals surface area contributed by atoms with E-state index in [1.807, 2.05) is 25.1 Å². The van der Waals surface area contributed by atoms with E-state index in [1.165, 1.54) is 5.56 Å². The van der Waals surface area contributed by atoms with Crippen molar-refractivity contribution in [3.63, 3.8) is 0 Å². The molecule has 72 valence electrons. The molecule has 0 atom stereocenters. The van der Waals surface area contributed by atoms with Crippen LogP contribution in [-0.2, 0) is 6.54 Å². The van der Waals surface area contributed by atoms with Crippen LogP contribution < -0.4 is 5.32 Å². The van der Waals surface area contributed by atoms with E-state index < -0.39 is 0 Å². The lowest BCUT2D eigenvalue weighted by Gasteiger charge is -2.00. The lowest BCUT2D eigenvalue weighted by Crippen LogP contribution is -1.99. The zero-order valence-corrected chi connectivity index (χ0v) is 7.90. The van der Waals surface area contributed by atoms with Crippen molar-refractivity contribution in [2.24, 2.45) is 0 Å². The van der Waals surface area contributed by atoms with Crippen LogP contribution in [0.1, 0.15) is 11.3 Å². The van der Waals surface area contributed by atoms with Crippen LogP contribution in [0.4, 0.5) is 5.82 Å². The molecule has 14 heavy (non-hydrogen) atoms. The van der Waals surface area contributed by atoms with Crippen molar-refractivity contribution < 1.29 is 4.52 Å². The molecule has 0 saturated heterocycles. The van der Waals surface area contributed by atoms with Gasteiger partial charge in [-0.1, -0.05) is 5.16 Å². The molecule has 2 aromatic heterocycles. The first-order valence-electron chi connectivity index (χ1n) is 4.41. The summed E-state index contributed by atoms with van der Waals surface area (Å²) in [5, 5.41) is 6.98. The summed E-state index contributed by atoms with van der Waals surface area (Å²) >= 11 is 0. The molecule has 0 aliphatic carbocycles. The number of aryl methyl sites for hydroxylation is 1. The topological polar surface area (TPSA) is 51.0 Å². The second kappa shape index (κ2) is 3.91. The van der Waals surface area contributed by atoms with Crippen LogP contribution in [0.15, 0.2) is 35.1 Å². The van der Waals surface area contributed by atoms with Crippen LogP contribution in [0.25, 0.3) is 0 Å². The summed E-state index contributed by atoms with van der Waals surface area (Å²) in [6.07, 6.45) is 3.54. The molecule has 1 N–H and O–H groups in total. The smallest absolute Gasteiger partial charge is 0.169 e. The largest absolute Gasteiger partial charge is 0.363 e. The van der Waals surface area contributed by atoms with E-state index in [0.717, 1.165) is 18.1 Å². The lowest BCUT2D eigenvalue weighted by molar-refractivity contribution is 0.399. The van der Waals surface area contributed by atoms with Crippen molar-refractivity contribution >= 4 is 5.82 Å². The molecule has 4 heteroatoms. The fraction of sp³-hybridized carbons (Fsp3) is 0.200. The number of anilines is 1. The number of pyridine rings is 1. The molecule has 2 rings (SSSR count). The van der Waals surface area contributed by atoms with Crippen LogP contribution in [0, 0.1) is 6.92 Å². The molecule has 0 unspecified atom stereocenters. The molecule has 0 radical (unpaired) electrons. The Hall–Kier alpha value is -1.84. The van der Waals surface area contributed by atoms with Crippen molar-refractivity contribution in [1.29, 1.82) is 0 Å². The van der Waals surface area contributed by atoms with Crippen molar-refractivity contribution in [3.8, 4) is 0 Å². The second-order valence-electron chi connectivity index (χ2n) is 3.03. The third-order valence-electron chi connectivity index (χ3n) is 1.85. The summed E-state index contributed by atoms with van der Waals surface area (Å²) in [7, 11) is 0. The summed E-state index contributed by atoms with van der Waals surface area (Å²) in [6.45, 7) is 2.60. The zero-order valence-electron chi connectivity index (χ0n) is 7.90. The van der Waals surface area contributed by atoms with Gasteiger partial charge in [-0.3, -0.25) is 4.98 Å². The molecule has 0 fully saturated rings. The van der Waals surface area contributed by atoms with Crippen LogP contribution in [0.3, 0.4) is 0 Å². The van der Waals surface area contributed by atoms with Gasteiger partial charge in [0.25, 0.3) is 0 Å². The van der Waals surface area contributed by atoms with Crippen molar-refractivity contribution in [3.05, 3.63) is 41.9 Å². The predicted molar refractivity (Wildman–Crippen MR) is 52.8 cm³/mol. The Balaban J connectivity index is 1.95. The average Bonchev–Trinajstić information content (AvgIpc) is 2.63. The van der Waals surface area contributed by atoms with E-state index in [0.29, 0.717) is 0 Å². The first-order valence-corrected chi connectivity index (χ1v) is 4.41.